The summed E-state index contributed by atoms with van der Waals surface area (Å²) in [7, 11) is 0. The first kappa shape index (κ1) is 15.2. The first-order valence-corrected chi connectivity index (χ1v) is 6.41. The summed E-state index contributed by atoms with van der Waals surface area (Å²) in [6.45, 7) is 5.42. The molecule has 0 aliphatic rings. The van der Waals surface area contributed by atoms with Crippen LogP contribution in [0.2, 0.25) is 0 Å². The van der Waals surface area contributed by atoms with Crippen molar-refractivity contribution in [2.75, 3.05) is 10.6 Å². The number of nitrogens with one attached hydrogen (secondary N) is 2. The first-order valence-electron chi connectivity index (χ1n) is 6.41. The Morgan fingerprint density at radius 3 is 2.37 bits per heavy atom. The number of amides is 2. The minimum Gasteiger partial charge on any atom is -0.326 e. The van der Waals surface area contributed by atoms with Crippen LogP contribution in [0.1, 0.15) is 32.3 Å². The molecule has 0 heterocycles. The van der Waals surface area contributed by atoms with Crippen molar-refractivity contribution in [1.29, 1.82) is 0 Å². The summed E-state index contributed by atoms with van der Waals surface area (Å²) in [4.78, 5) is 23.2. The minimum absolute atomic E-state index is 0.0266. The number of hydrogen-bond acceptors (Lipinski definition) is 3. The number of benzene rings is 1. The predicted octanol–water partition coefficient (Wildman–Crippen LogP) is 2.02. The third-order valence-corrected chi connectivity index (χ3v) is 2.76. The second-order valence-corrected chi connectivity index (χ2v) is 4.55. The summed E-state index contributed by atoms with van der Waals surface area (Å²) >= 11 is 0. The molecule has 1 aromatic carbocycles. The molecule has 104 valence electrons. The lowest BCUT2D eigenvalue weighted by atomic mass is 10.1. The highest BCUT2D eigenvalue weighted by atomic mass is 16.2. The van der Waals surface area contributed by atoms with E-state index in [4.69, 9.17) is 5.73 Å². The van der Waals surface area contributed by atoms with Crippen LogP contribution in [0.4, 0.5) is 11.4 Å². The van der Waals surface area contributed by atoms with Gasteiger partial charge in [0.05, 0.1) is 6.04 Å². The maximum absolute atomic E-state index is 11.6. The van der Waals surface area contributed by atoms with E-state index in [1.807, 2.05) is 19.9 Å². The number of anilines is 2. The molecule has 2 amide bonds. The predicted molar refractivity (Wildman–Crippen MR) is 77.0 cm³/mol. The standard InChI is InChI=1S/C14H21N3O2/c1-4-6-13(18)16-11-7-5-8-12(9(11)2)17-14(19)10(3)15/h5,7-8,10H,4,6,15H2,1-3H3,(H,16,18)(H,17,19)/t10-/m0/s1. The Labute approximate surface area is 113 Å². The lowest BCUT2D eigenvalue weighted by molar-refractivity contribution is -0.117. The number of carbonyl (C=O) groups is 2. The monoisotopic (exact) mass is 263 g/mol. The normalized spacial score (nSPS) is 11.8. The fourth-order valence-electron chi connectivity index (χ4n) is 1.59. The second-order valence-electron chi connectivity index (χ2n) is 4.55. The van der Waals surface area contributed by atoms with Gasteiger partial charge in [-0.2, -0.15) is 0 Å². The highest BCUT2D eigenvalue weighted by Gasteiger charge is 2.11. The molecule has 0 unspecified atom stereocenters. The molecule has 0 radical (unpaired) electrons. The van der Waals surface area contributed by atoms with Crippen molar-refractivity contribution in [2.45, 2.75) is 39.7 Å². The van der Waals surface area contributed by atoms with E-state index in [9.17, 15) is 9.59 Å². The molecule has 1 atom stereocenters. The molecule has 4 N–H and O–H groups in total. The summed E-state index contributed by atoms with van der Waals surface area (Å²) in [6, 6.07) is 4.80. The minimum atomic E-state index is -0.572. The van der Waals surface area contributed by atoms with E-state index in [2.05, 4.69) is 10.6 Å². The van der Waals surface area contributed by atoms with Crippen LogP contribution < -0.4 is 16.4 Å². The van der Waals surface area contributed by atoms with Crippen LogP contribution in [0.25, 0.3) is 0 Å². The van der Waals surface area contributed by atoms with E-state index in [1.54, 1.807) is 19.1 Å². The van der Waals surface area contributed by atoms with E-state index >= 15 is 0 Å². The summed E-state index contributed by atoms with van der Waals surface area (Å²) in [6.07, 6.45) is 1.28. The Kier molecular flexibility index (Phi) is 5.51. The molecule has 0 aliphatic heterocycles. The molecule has 5 nitrogen and oxygen atoms in total. The fourth-order valence-corrected chi connectivity index (χ4v) is 1.59. The van der Waals surface area contributed by atoms with Crippen molar-refractivity contribution in [1.82, 2.24) is 0 Å². The third-order valence-electron chi connectivity index (χ3n) is 2.76. The van der Waals surface area contributed by atoms with Crippen molar-refractivity contribution >= 4 is 23.2 Å². The van der Waals surface area contributed by atoms with Crippen LogP contribution in [0.3, 0.4) is 0 Å². The van der Waals surface area contributed by atoms with Crippen molar-refractivity contribution < 1.29 is 9.59 Å². The van der Waals surface area contributed by atoms with Gasteiger partial charge >= 0.3 is 0 Å². The molecule has 0 aliphatic carbocycles. The molecule has 19 heavy (non-hydrogen) atoms. The molecule has 0 saturated heterocycles. The summed E-state index contributed by atoms with van der Waals surface area (Å²) in [5.41, 5.74) is 7.70. The third kappa shape index (κ3) is 4.37. The van der Waals surface area contributed by atoms with E-state index in [-0.39, 0.29) is 11.8 Å². The molecular weight excluding hydrogens is 242 g/mol. The fraction of sp³-hybridized carbons (Fsp3) is 0.429. The van der Waals surface area contributed by atoms with Gasteiger partial charge in [-0.3, -0.25) is 9.59 Å². The largest absolute Gasteiger partial charge is 0.326 e. The van der Waals surface area contributed by atoms with Crippen LogP contribution in [0.5, 0.6) is 0 Å². The van der Waals surface area contributed by atoms with Crippen LogP contribution in [-0.2, 0) is 9.59 Å². The van der Waals surface area contributed by atoms with Crippen LogP contribution in [0.15, 0.2) is 18.2 Å². The van der Waals surface area contributed by atoms with Crippen molar-refractivity contribution in [3.8, 4) is 0 Å². The molecule has 0 bridgehead atoms. The maximum Gasteiger partial charge on any atom is 0.241 e. The molecule has 5 heteroatoms. The van der Waals surface area contributed by atoms with Crippen LogP contribution >= 0.6 is 0 Å². The van der Waals surface area contributed by atoms with Gasteiger partial charge in [-0.25, -0.2) is 0 Å². The smallest absolute Gasteiger partial charge is 0.241 e. The molecule has 1 rings (SSSR count). The van der Waals surface area contributed by atoms with Gasteiger partial charge in [-0.05, 0) is 38.0 Å². The number of rotatable bonds is 5. The number of hydrogen-bond donors (Lipinski definition) is 3. The van der Waals surface area contributed by atoms with Gasteiger partial charge in [-0.1, -0.05) is 13.0 Å². The summed E-state index contributed by atoms with van der Waals surface area (Å²) in [5.74, 6) is -0.276. The molecule has 0 saturated carbocycles. The van der Waals surface area contributed by atoms with E-state index < -0.39 is 6.04 Å². The van der Waals surface area contributed by atoms with Crippen molar-refractivity contribution in [2.24, 2.45) is 5.73 Å². The van der Waals surface area contributed by atoms with Gasteiger partial charge in [0.25, 0.3) is 0 Å². The van der Waals surface area contributed by atoms with E-state index in [0.29, 0.717) is 17.8 Å². The molecule has 0 spiro atoms. The zero-order valence-electron chi connectivity index (χ0n) is 11.6. The lowest BCUT2D eigenvalue weighted by Crippen LogP contribution is -2.32. The van der Waals surface area contributed by atoms with Crippen LogP contribution in [-0.4, -0.2) is 17.9 Å². The Hall–Kier alpha value is -1.88. The van der Waals surface area contributed by atoms with Gasteiger partial charge in [0.2, 0.25) is 11.8 Å². The summed E-state index contributed by atoms with van der Waals surface area (Å²) in [5, 5.41) is 5.57. The second kappa shape index (κ2) is 6.89. The Balaban J connectivity index is 2.86. The van der Waals surface area contributed by atoms with E-state index in [1.165, 1.54) is 0 Å². The number of carbonyl (C=O) groups excluding carboxylic acids is 2. The summed E-state index contributed by atoms with van der Waals surface area (Å²) < 4.78 is 0. The zero-order valence-corrected chi connectivity index (χ0v) is 11.6. The quantitative estimate of drug-likeness (QED) is 0.759. The Morgan fingerprint density at radius 2 is 1.84 bits per heavy atom. The zero-order chi connectivity index (χ0) is 14.4. The van der Waals surface area contributed by atoms with Gasteiger partial charge in [-0.15, -0.1) is 0 Å². The number of nitrogens with two attached hydrogens (primary N) is 1. The Morgan fingerprint density at radius 1 is 1.26 bits per heavy atom. The van der Waals surface area contributed by atoms with Gasteiger partial charge in [0.15, 0.2) is 0 Å². The van der Waals surface area contributed by atoms with Crippen LogP contribution in [0, 0.1) is 6.92 Å². The highest BCUT2D eigenvalue weighted by molar-refractivity contribution is 5.97. The Bertz CT molecular complexity index is 470. The first-order chi connectivity index (χ1) is 8.95. The maximum atomic E-state index is 11.6. The molecule has 0 aromatic heterocycles. The highest BCUT2D eigenvalue weighted by Crippen LogP contribution is 2.23. The van der Waals surface area contributed by atoms with Crippen molar-refractivity contribution in [3.05, 3.63) is 23.8 Å². The topological polar surface area (TPSA) is 84.2 Å². The van der Waals surface area contributed by atoms with Gasteiger partial charge in [0.1, 0.15) is 0 Å². The lowest BCUT2D eigenvalue weighted by Gasteiger charge is -2.14. The molecule has 0 fully saturated rings. The van der Waals surface area contributed by atoms with Crippen molar-refractivity contribution in [3.63, 3.8) is 0 Å². The van der Waals surface area contributed by atoms with Gasteiger partial charge < -0.3 is 16.4 Å². The average molecular weight is 263 g/mol. The molecule has 1 aromatic rings. The average Bonchev–Trinajstić information content (AvgIpc) is 2.34. The van der Waals surface area contributed by atoms with Gasteiger partial charge in [0, 0.05) is 17.8 Å². The molecular formula is C14H21N3O2. The van der Waals surface area contributed by atoms with E-state index in [0.717, 1.165) is 12.0 Å². The SMILES string of the molecule is CCCC(=O)Nc1cccc(NC(=O)[C@H](C)N)c1C.